The predicted molar refractivity (Wildman–Crippen MR) is 88.7 cm³/mol. The molecule has 2 aromatic carbocycles. The van der Waals surface area contributed by atoms with Crippen molar-refractivity contribution in [1.82, 2.24) is 0 Å². The number of benzene rings is 2. The van der Waals surface area contributed by atoms with E-state index in [9.17, 15) is 4.79 Å². The van der Waals surface area contributed by atoms with Crippen LogP contribution >= 0.6 is 12.2 Å². The highest BCUT2D eigenvalue weighted by atomic mass is 32.1. The number of hydrogen-bond acceptors (Lipinski definition) is 2. The zero-order valence-corrected chi connectivity index (χ0v) is 12.4. The van der Waals surface area contributed by atoms with Gasteiger partial charge in [0, 0.05) is 16.8 Å². The fourth-order valence-electron chi connectivity index (χ4n) is 2.67. The lowest BCUT2D eigenvalue weighted by Crippen LogP contribution is -2.14. The molecule has 0 aromatic heterocycles. The molecule has 0 bridgehead atoms. The highest BCUT2D eigenvalue weighted by molar-refractivity contribution is 7.80. The summed E-state index contributed by atoms with van der Waals surface area (Å²) in [7, 11) is 0. The smallest absolute Gasteiger partial charge is 0.255 e. The number of nitrogens with two attached hydrogens (primary N) is 1. The number of nitrogens with one attached hydrogen (secondary N) is 1. The topological polar surface area (TPSA) is 55.1 Å². The van der Waals surface area contributed by atoms with E-state index in [2.05, 4.69) is 11.4 Å². The Hall–Kier alpha value is -2.20. The van der Waals surface area contributed by atoms with Crippen LogP contribution in [0.3, 0.4) is 0 Å². The Morgan fingerprint density at radius 1 is 1.05 bits per heavy atom. The van der Waals surface area contributed by atoms with Crippen molar-refractivity contribution in [3.63, 3.8) is 0 Å². The fourth-order valence-corrected chi connectivity index (χ4v) is 2.79. The third kappa shape index (κ3) is 2.95. The summed E-state index contributed by atoms with van der Waals surface area (Å²) in [6.07, 6.45) is 3.36. The molecule has 0 fully saturated rings. The molecule has 3 N–H and O–H groups in total. The molecule has 3 nitrogen and oxygen atoms in total. The maximum atomic E-state index is 12.3. The van der Waals surface area contributed by atoms with E-state index in [4.69, 9.17) is 18.0 Å². The van der Waals surface area contributed by atoms with Crippen LogP contribution in [0.1, 0.15) is 33.5 Å². The zero-order valence-electron chi connectivity index (χ0n) is 11.6. The first-order valence-corrected chi connectivity index (χ1v) is 7.37. The van der Waals surface area contributed by atoms with Crippen molar-refractivity contribution in [3.05, 3.63) is 64.7 Å². The number of rotatable bonds is 3. The van der Waals surface area contributed by atoms with Gasteiger partial charge in [-0.2, -0.15) is 0 Å². The van der Waals surface area contributed by atoms with E-state index in [1.54, 1.807) is 6.07 Å². The first kappa shape index (κ1) is 13.8. The minimum Gasteiger partial charge on any atom is -0.389 e. The Labute approximate surface area is 129 Å². The van der Waals surface area contributed by atoms with Gasteiger partial charge in [-0.1, -0.05) is 30.4 Å². The maximum Gasteiger partial charge on any atom is 0.255 e. The molecule has 3 rings (SSSR count). The molecule has 0 saturated heterocycles. The minimum absolute atomic E-state index is 0.107. The Bertz CT molecular complexity index is 724. The van der Waals surface area contributed by atoms with Crippen molar-refractivity contribution in [3.8, 4) is 0 Å². The van der Waals surface area contributed by atoms with Crippen LogP contribution in [0, 0.1) is 0 Å². The largest absolute Gasteiger partial charge is 0.389 e. The number of anilines is 1. The molecule has 0 saturated carbocycles. The molecule has 0 radical (unpaired) electrons. The molecule has 106 valence electrons. The summed E-state index contributed by atoms with van der Waals surface area (Å²) < 4.78 is 0. The second kappa shape index (κ2) is 5.66. The Morgan fingerprint density at radius 3 is 2.67 bits per heavy atom. The van der Waals surface area contributed by atoms with Crippen molar-refractivity contribution in [2.24, 2.45) is 5.73 Å². The van der Waals surface area contributed by atoms with Crippen molar-refractivity contribution in [2.45, 2.75) is 19.3 Å². The molecule has 1 amide bonds. The molecule has 1 aliphatic carbocycles. The SMILES string of the molecule is NC(=S)c1cccc(NC(=O)c2ccc3c(c2)CCC3)c1. The third-order valence-corrected chi connectivity index (χ3v) is 4.00. The molecule has 1 aliphatic rings. The van der Waals surface area contributed by atoms with Gasteiger partial charge >= 0.3 is 0 Å². The van der Waals surface area contributed by atoms with E-state index < -0.39 is 0 Å². The maximum absolute atomic E-state index is 12.3. The van der Waals surface area contributed by atoms with Gasteiger partial charge in [0.2, 0.25) is 0 Å². The number of carbonyl (C=O) groups is 1. The van der Waals surface area contributed by atoms with Crippen molar-refractivity contribution in [1.29, 1.82) is 0 Å². The number of amides is 1. The monoisotopic (exact) mass is 296 g/mol. The summed E-state index contributed by atoms with van der Waals surface area (Å²) >= 11 is 4.95. The quantitative estimate of drug-likeness (QED) is 0.856. The lowest BCUT2D eigenvalue weighted by molar-refractivity contribution is 0.102. The molecule has 21 heavy (non-hydrogen) atoms. The molecule has 4 heteroatoms. The van der Waals surface area contributed by atoms with Crippen LogP contribution in [0.5, 0.6) is 0 Å². The highest BCUT2D eigenvalue weighted by Gasteiger charge is 2.14. The van der Waals surface area contributed by atoms with Gasteiger partial charge in [0.15, 0.2) is 0 Å². The number of aryl methyl sites for hydroxylation is 2. The van der Waals surface area contributed by atoms with Gasteiger partial charge in [-0.15, -0.1) is 0 Å². The standard InChI is InChI=1S/C17H16N2OS/c18-16(21)13-5-2-6-15(10-13)19-17(20)14-8-7-11-3-1-4-12(11)9-14/h2,5-10H,1,3-4H2,(H2,18,21)(H,19,20). The molecule has 0 aliphatic heterocycles. The van der Waals surface area contributed by atoms with Gasteiger partial charge in [-0.05, 0) is 54.7 Å². The normalized spacial score (nSPS) is 12.8. The van der Waals surface area contributed by atoms with Crippen LogP contribution in [0.15, 0.2) is 42.5 Å². The summed E-state index contributed by atoms with van der Waals surface area (Å²) in [6.45, 7) is 0. The Balaban J connectivity index is 1.80. The van der Waals surface area contributed by atoms with Crippen molar-refractivity contribution >= 4 is 28.8 Å². The molecule has 0 spiro atoms. The van der Waals surface area contributed by atoms with Gasteiger partial charge in [0.05, 0.1) is 0 Å². The fraction of sp³-hybridized carbons (Fsp3) is 0.176. The summed E-state index contributed by atoms with van der Waals surface area (Å²) in [6, 6.07) is 13.2. The lowest BCUT2D eigenvalue weighted by atomic mass is 10.1. The first-order valence-electron chi connectivity index (χ1n) is 6.96. The van der Waals surface area contributed by atoms with E-state index in [1.165, 1.54) is 17.5 Å². The second-order valence-electron chi connectivity index (χ2n) is 5.24. The van der Waals surface area contributed by atoms with Crippen LogP contribution in [0.2, 0.25) is 0 Å². The van der Waals surface area contributed by atoms with Crippen LogP contribution in [-0.2, 0) is 12.8 Å². The van der Waals surface area contributed by atoms with E-state index in [1.807, 2.05) is 30.3 Å². The average molecular weight is 296 g/mol. The van der Waals surface area contributed by atoms with E-state index >= 15 is 0 Å². The average Bonchev–Trinajstić information content (AvgIpc) is 2.94. The summed E-state index contributed by atoms with van der Waals surface area (Å²) in [5.74, 6) is -0.107. The van der Waals surface area contributed by atoms with Crippen LogP contribution in [0.4, 0.5) is 5.69 Å². The van der Waals surface area contributed by atoms with Gasteiger partial charge in [-0.25, -0.2) is 0 Å². The van der Waals surface area contributed by atoms with E-state index in [0.717, 1.165) is 18.4 Å². The summed E-state index contributed by atoms with van der Waals surface area (Å²) in [4.78, 5) is 12.6. The van der Waals surface area contributed by atoms with Gasteiger partial charge in [-0.3, -0.25) is 4.79 Å². The molecular formula is C17H16N2OS. The minimum atomic E-state index is -0.107. The molecule has 2 aromatic rings. The van der Waals surface area contributed by atoms with E-state index in [0.29, 0.717) is 16.2 Å². The van der Waals surface area contributed by atoms with Crippen molar-refractivity contribution < 1.29 is 4.79 Å². The van der Waals surface area contributed by atoms with Gasteiger partial charge in [0.25, 0.3) is 5.91 Å². The molecule has 0 heterocycles. The summed E-state index contributed by atoms with van der Waals surface area (Å²) in [5.41, 5.74) is 10.4. The van der Waals surface area contributed by atoms with Gasteiger partial charge in [0.1, 0.15) is 4.99 Å². The zero-order chi connectivity index (χ0) is 14.8. The van der Waals surface area contributed by atoms with Gasteiger partial charge < -0.3 is 11.1 Å². The molecule has 0 unspecified atom stereocenters. The summed E-state index contributed by atoms with van der Waals surface area (Å²) in [5, 5.41) is 2.89. The Morgan fingerprint density at radius 2 is 1.86 bits per heavy atom. The number of fused-ring (bicyclic) bond motifs is 1. The van der Waals surface area contributed by atoms with Crippen molar-refractivity contribution in [2.75, 3.05) is 5.32 Å². The first-order chi connectivity index (χ1) is 10.1. The van der Waals surface area contributed by atoms with Crippen LogP contribution in [-0.4, -0.2) is 10.9 Å². The molecular weight excluding hydrogens is 280 g/mol. The Kier molecular flexibility index (Phi) is 3.71. The second-order valence-corrected chi connectivity index (χ2v) is 5.68. The molecule has 0 atom stereocenters. The lowest BCUT2D eigenvalue weighted by Gasteiger charge is -2.08. The predicted octanol–water partition coefficient (Wildman–Crippen LogP) is 3.06. The van der Waals surface area contributed by atoms with E-state index in [-0.39, 0.29) is 5.91 Å². The number of hydrogen-bond donors (Lipinski definition) is 2. The highest BCUT2D eigenvalue weighted by Crippen LogP contribution is 2.23. The third-order valence-electron chi connectivity index (χ3n) is 3.77. The number of carbonyl (C=O) groups excluding carboxylic acids is 1. The van der Waals surface area contributed by atoms with Crippen LogP contribution < -0.4 is 11.1 Å². The number of thiocarbonyl (C=S) groups is 1. The van der Waals surface area contributed by atoms with Crippen LogP contribution in [0.25, 0.3) is 0 Å².